The summed E-state index contributed by atoms with van der Waals surface area (Å²) in [5.41, 5.74) is 3.38. The Kier molecular flexibility index (Phi) is 8.71. The van der Waals surface area contributed by atoms with E-state index in [0.717, 1.165) is 17.1 Å². The van der Waals surface area contributed by atoms with E-state index in [9.17, 15) is 4.79 Å². The summed E-state index contributed by atoms with van der Waals surface area (Å²) in [6.07, 6.45) is -0.112. The van der Waals surface area contributed by atoms with E-state index in [2.05, 4.69) is 25.1 Å². The molecule has 3 rings (SSSR count). The Labute approximate surface area is 193 Å². The molecule has 0 aliphatic rings. The Balaban J connectivity index is 1.60. The Bertz CT molecular complexity index is 992. The number of carbonyl (C=O) groups excluding carboxylic acids is 1. The second-order valence-corrected chi connectivity index (χ2v) is 8.41. The van der Waals surface area contributed by atoms with Crippen LogP contribution in [0.1, 0.15) is 29.9 Å². The Morgan fingerprint density at radius 2 is 1.66 bits per heavy atom. The van der Waals surface area contributed by atoms with Crippen molar-refractivity contribution in [3.05, 3.63) is 70.6 Å². The molecular formula is C26H30O5S. The molecule has 5 nitrogen and oxygen atoms in total. The quantitative estimate of drug-likeness (QED) is 0.342. The zero-order chi connectivity index (χ0) is 22.9. The summed E-state index contributed by atoms with van der Waals surface area (Å²) in [7, 11) is 1.67. The molecule has 0 spiro atoms. The van der Waals surface area contributed by atoms with Crippen molar-refractivity contribution in [2.45, 2.75) is 39.9 Å². The van der Waals surface area contributed by atoms with E-state index >= 15 is 0 Å². The summed E-state index contributed by atoms with van der Waals surface area (Å²) in [4.78, 5) is 14.5. The minimum Gasteiger partial charge on any atom is -0.497 e. The van der Waals surface area contributed by atoms with Gasteiger partial charge in [0.05, 0.1) is 13.7 Å². The highest BCUT2D eigenvalue weighted by Crippen LogP contribution is 2.33. The van der Waals surface area contributed by atoms with Crippen LogP contribution >= 0.6 is 11.3 Å². The summed E-state index contributed by atoms with van der Waals surface area (Å²) in [6, 6.07) is 18.1. The number of esters is 1. The van der Waals surface area contributed by atoms with Gasteiger partial charge in [0.2, 0.25) is 0 Å². The van der Waals surface area contributed by atoms with Gasteiger partial charge < -0.3 is 18.9 Å². The highest BCUT2D eigenvalue weighted by atomic mass is 32.1. The predicted molar refractivity (Wildman–Crippen MR) is 128 cm³/mol. The molecule has 6 heteroatoms. The Morgan fingerprint density at radius 3 is 2.28 bits per heavy atom. The number of thiophene rings is 1. The van der Waals surface area contributed by atoms with Gasteiger partial charge in [-0.1, -0.05) is 12.1 Å². The molecule has 32 heavy (non-hydrogen) atoms. The van der Waals surface area contributed by atoms with Crippen molar-refractivity contribution in [3.8, 4) is 21.9 Å². The summed E-state index contributed by atoms with van der Waals surface area (Å²) in [5.74, 6) is 1.32. The molecule has 0 aliphatic carbocycles. The van der Waals surface area contributed by atoms with Crippen LogP contribution in [0.3, 0.4) is 0 Å². The number of carbonyl (C=O) groups is 1. The zero-order valence-electron chi connectivity index (χ0n) is 19.1. The molecule has 1 heterocycles. The van der Waals surface area contributed by atoms with E-state index in [1.807, 2.05) is 43.3 Å². The molecule has 0 fully saturated rings. The largest absolute Gasteiger partial charge is 0.497 e. The molecule has 2 aromatic carbocycles. The van der Waals surface area contributed by atoms with Crippen LogP contribution in [0.25, 0.3) is 10.4 Å². The molecule has 1 aromatic heterocycles. The maximum Gasteiger partial charge on any atom is 0.335 e. The van der Waals surface area contributed by atoms with E-state index in [1.165, 1.54) is 20.9 Å². The first kappa shape index (κ1) is 23.8. The van der Waals surface area contributed by atoms with E-state index in [-0.39, 0.29) is 5.97 Å². The lowest BCUT2D eigenvalue weighted by Crippen LogP contribution is -2.28. The molecule has 0 aliphatic heterocycles. The number of benzene rings is 2. The molecule has 0 radical (unpaired) electrons. The number of hydrogen-bond acceptors (Lipinski definition) is 6. The average molecular weight is 455 g/mol. The lowest BCUT2D eigenvalue weighted by Gasteiger charge is -2.15. The summed E-state index contributed by atoms with van der Waals surface area (Å²) in [6.45, 7) is 7.09. The van der Waals surface area contributed by atoms with E-state index in [0.29, 0.717) is 26.2 Å². The van der Waals surface area contributed by atoms with Crippen molar-refractivity contribution in [3.63, 3.8) is 0 Å². The molecule has 1 unspecified atom stereocenters. The van der Waals surface area contributed by atoms with Crippen LogP contribution in [-0.4, -0.2) is 32.4 Å². The van der Waals surface area contributed by atoms with Gasteiger partial charge in [0.25, 0.3) is 0 Å². The number of methoxy groups -OCH3 is 1. The van der Waals surface area contributed by atoms with Gasteiger partial charge in [-0.15, -0.1) is 11.3 Å². The molecule has 0 bridgehead atoms. The van der Waals surface area contributed by atoms with Gasteiger partial charge in [-0.2, -0.15) is 0 Å². The van der Waals surface area contributed by atoms with Gasteiger partial charge in [0.15, 0.2) is 6.10 Å². The zero-order valence-corrected chi connectivity index (χ0v) is 19.9. The van der Waals surface area contributed by atoms with Gasteiger partial charge in [-0.3, -0.25) is 0 Å². The second kappa shape index (κ2) is 11.7. The van der Waals surface area contributed by atoms with Crippen LogP contribution in [-0.2, 0) is 27.3 Å². The standard InChI is InChI=1S/C26H30O5S/c1-5-29-23(26(27)30-6-2)16-19-7-11-22(12-8-19)31-17-25-18(3)15-24(32-25)20-9-13-21(28-4)14-10-20/h7-15,23H,5-6,16-17H2,1-4H3. The molecule has 0 saturated heterocycles. The molecular weight excluding hydrogens is 424 g/mol. The van der Waals surface area contributed by atoms with Crippen molar-refractivity contribution >= 4 is 17.3 Å². The highest BCUT2D eigenvalue weighted by molar-refractivity contribution is 7.15. The van der Waals surface area contributed by atoms with Crippen LogP contribution in [0, 0.1) is 6.92 Å². The van der Waals surface area contributed by atoms with Crippen LogP contribution in [0.5, 0.6) is 11.5 Å². The molecule has 0 N–H and O–H groups in total. The van der Waals surface area contributed by atoms with Gasteiger partial charge >= 0.3 is 5.97 Å². The maximum absolute atomic E-state index is 12.1. The van der Waals surface area contributed by atoms with Crippen LogP contribution in [0.4, 0.5) is 0 Å². The number of ether oxygens (including phenoxy) is 4. The topological polar surface area (TPSA) is 54.0 Å². The van der Waals surface area contributed by atoms with E-state index in [1.54, 1.807) is 25.4 Å². The van der Waals surface area contributed by atoms with Crippen LogP contribution < -0.4 is 9.47 Å². The summed E-state index contributed by atoms with van der Waals surface area (Å²) >= 11 is 1.74. The minimum atomic E-state index is -0.586. The second-order valence-electron chi connectivity index (χ2n) is 7.28. The van der Waals surface area contributed by atoms with Crippen molar-refractivity contribution in [2.24, 2.45) is 0 Å². The fourth-order valence-corrected chi connectivity index (χ4v) is 4.38. The van der Waals surface area contributed by atoms with Crippen LogP contribution in [0.2, 0.25) is 0 Å². The number of rotatable bonds is 11. The molecule has 0 saturated carbocycles. The van der Waals surface area contributed by atoms with E-state index in [4.69, 9.17) is 18.9 Å². The third-order valence-corrected chi connectivity index (χ3v) is 6.29. The smallest absolute Gasteiger partial charge is 0.335 e. The van der Waals surface area contributed by atoms with Crippen LogP contribution in [0.15, 0.2) is 54.6 Å². The Hall–Kier alpha value is -2.83. The Morgan fingerprint density at radius 1 is 0.969 bits per heavy atom. The first-order valence-electron chi connectivity index (χ1n) is 10.8. The van der Waals surface area contributed by atoms with Gasteiger partial charge in [0.1, 0.15) is 18.1 Å². The van der Waals surface area contributed by atoms with Gasteiger partial charge in [-0.25, -0.2) is 4.79 Å². The molecule has 3 aromatic rings. The highest BCUT2D eigenvalue weighted by Gasteiger charge is 2.20. The SMILES string of the molecule is CCOC(=O)C(Cc1ccc(OCc2sc(-c3ccc(OC)cc3)cc2C)cc1)OCC. The maximum atomic E-state index is 12.1. The summed E-state index contributed by atoms with van der Waals surface area (Å²) < 4.78 is 21.9. The minimum absolute atomic E-state index is 0.324. The third kappa shape index (κ3) is 6.34. The molecule has 1 atom stereocenters. The van der Waals surface area contributed by atoms with Gasteiger partial charge in [-0.05, 0) is 79.9 Å². The van der Waals surface area contributed by atoms with Crippen molar-refractivity contribution in [1.82, 2.24) is 0 Å². The fraction of sp³-hybridized carbons (Fsp3) is 0.346. The van der Waals surface area contributed by atoms with Gasteiger partial charge in [0, 0.05) is 22.8 Å². The fourth-order valence-electron chi connectivity index (χ4n) is 3.29. The first-order chi connectivity index (χ1) is 15.5. The first-order valence-corrected chi connectivity index (χ1v) is 11.6. The summed E-state index contributed by atoms with van der Waals surface area (Å²) in [5, 5.41) is 0. The number of hydrogen-bond donors (Lipinski definition) is 0. The normalized spacial score (nSPS) is 11.8. The average Bonchev–Trinajstić information content (AvgIpc) is 3.19. The number of aryl methyl sites for hydroxylation is 1. The van der Waals surface area contributed by atoms with Crippen molar-refractivity contribution < 1.29 is 23.7 Å². The monoisotopic (exact) mass is 454 g/mol. The molecule has 170 valence electrons. The third-order valence-electron chi connectivity index (χ3n) is 5.03. The van der Waals surface area contributed by atoms with Crippen molar-refractivity contribution in [2.75, 3.05) is 20.3 Å². The van der Waals surface area contributed by atoms with Crippen molar-refractivity contribution in [1.29, 1.82) is 0 Å². The predicted octanol–water partition coefficient (Wildman–Crippen LogP) is 5.82. The molecule has 0 amide bonds. The lowest BCUT2D eigenvalue weighted by molar-refractivity contribution is -0.156. The van der Waals surface area contributed by atoms with E-state index < -0.39 is 6.10 Å². The lowest BCUT2D eigenvalue weighted by atomic mass is 10.1.